The van der Waals surface area contributed by atoms with Crippen LogP contribution in [0.25, 0.3) is 5.65 Å². The first-order chi connectivity index (χ1) is 11.7. The first-order valence-corrected chi connectivity index (χ1v) is 8.45. The van der Waals surface area contributed by atoms with Crippen LogP contribution in [0.1, 0.15) is 18.5 Å². The Balaban J connectivity index is 1.50. The minimum absolute atomic E-state index is 0.0453. The fraction of sp³-hybridized carbons (Fsp3) is 0.471. The standard InChI is InChI=1S/C17H21N5O2/c23-16-10-13(19-15-5-1-2-8-22(15)16)11-20-7-3-4-14(12-20)21-9-6-18-17(21)24/h1-2,5,8,10,14H,3-4,6-7,9,11-12H2,(H,18,24)/t14-/m0/s1. The van der Waals surface area contributed by atoms with Crippen molar-refractivity contribution < 1.29 is 4.79 Å². The fourth-order valence-corrected chi connectivity index (χ4v) is 3.68. The van der Waals surface area contributed by atoms with Crippen LogP contribution in [-0.2, 0) is 6.54 Å². The van der Waals surface area contributed by atoms with E-state index in [1.54, 1.807) is 16.7 Å². The molecule has 2 aromatic heterocycles. The number of rotatable bonds is 3. The Labute approximate surface area is 139 Å². The Morgan fingerprint density at radius 3 is 3.00 bits per heavy atom. The van der Waals surface area contributed by atoms with Crippen LogP contribution in [0.3, 0.4) is 0 Å². The topological polar surface area (TPSA) is 70.0 Å². The van der Waals surface area contributed by atoms with Crippen molar-refractivity contribution in [3.05, 3.63) is 46.5 Å². The highest BCUT2D eigenvalue weighted by Gasteiger charge is 2.31. The van der Waals surface area contributed by atoms with Gasteiger partial charge in [0, 0.05) is 44.5 Å². The molecular weight excluding hydrogens is 306 g/mol. The number of carbonyl (C=O) groups is 1. The normalized spacial score (nSPS) is 22.1. The van der Waals surface area contributed by atoms with Crippen molar-refractivity contribution in [1.29, 1.82) is 0 Å². The average Bonchev–Trinajstić information content (AvgIpc) is 3.01. The number of piperidine rings is 1. The van der Waals surface area contributed by atoms with Gasteiger partial charge >= 0.3 is 6.03 Å². The molecule has 0 bridgehead atoms. The van der Waals surface area contributed by atoms with Crippen molar-refractivity contribution in [2.75, 3.05) is 26.2 Å². The third-order valence-electron chi connectivity index (χ3n) is 4.82. The molecule has 2 fully saturated rings. The zero-order valence-electron chi connectivity index (χ0n) is 13.5. The molecule has 0 aromatic carbocycles. The molecule has 0 unspecified atom stereocenters. The van der Waals surface area contributed by atoms with Crippen molar-refractivity contribution >= 4 is 11.7 Å². The molecule has 7 heteroatoms. The van der Waals surface area contributed by atoms with Crippen LogP contribution in [0.15, 0.2) is 35.3 Å². The zero-order chi connectivity index (χ0) is 16.5. The number of pyridine rings is 1. The number of nitrogens with zero attached hydrogens (tertiary/aromatic N) is 4. The first kappa shape index (κ1) is 15.1. The predicted molar refractivity (Wildman–Crippen MR) is 89.9 cm³/mol. The molecule has 0 spiro atoms. The average molecular weight is 327 g/mol. The number of hydrogen-bond donors (Lipinski definition) is 1. The van der Waals surface area contributed by atoms with Gasteiger partial charge in [-0.3, -0.25) is 14.1 Å². The summed E-state index contributed by atoms with van der Waals surface area (Å²) < 4.78 is 1.55. The number of carbonyl (C=O) groups excluding carboxylic acids is 1. The smallest absolute Gasteiger partial charge is 0.317 e. The summed E-state index contributed by atoms with van der Waals surface area (Å²) in [6, 6.07) is 7.46. The SMILES string of the molecule is O=C1NCCN1[C@H]1CCCN(Cc2cc(=O)n3ccccc3n2)C1. The minimum Gasteiger partial charge on any atom is -0.336 e. The van der Waals surface area contributed by atoms with Crippen LogP contribution in [0.5, 0.6) is 0 Å². The highest BCUT2D eigenvalue weighted by atomic mass is 16.2. The number of fused-ring (bicyclic) bond motifs is 1. The Bertz CT molecular complexity index is 818. The van der Waals surface area contributed by atoms with Crippen LogP contribution in [0.4, 0.5) is 4.79 Å². The molecule has 7 nitrogen and oxygen atoms in total. The molecule has 2 aliphatic heterocycles. The van der Waals surface area contributed by atoms with Crippen LogP contribution < -0.4 is 10.9 Å². The van der Waals surface area contributed by atoms with Crippen molar-refractivity contribution in [2.24, 2.45) is 0 Å². The highest BCUT2D eigenvalue weighted by Crippen LogP contribution is 2.19. The van der Waals surface area contributed by atoms with Crippen LogP contribution in [0, 0.1) is 0 Å². The van der Waals surface area contributed by atoms with E-state index in [0.29, 0.717) is 12.2 Å². The molecule has 24 heavy (non-hydrogen) atoms. The summed E-state index contributed by atoms with van der Waals surface area (Å²) in [5.74, 6) is 0. The van der Waals surface area contributed by atoms with E-state index in [-0.39, 0.29) is 17.6 Å². The summed E-state index contributed by atoms with van der Waals surface area (Å²) in [7, 11) is 0. The number of aromatic nitrogens is 2. The van der Waals surface area contributed by atoms with E-state index in [0.717, 1.165) is 44.7 Å². The maximum atomic E-state index is 12.2. The summed E-state index contributed by atoms with van der Waals surface area (Å²) in [5.41, 5.74) is 1.41. The second kappa shape index (κ2) is 6.24. The van der Waals surface area contributed by atoms with Gasteiger partial charge in [-0.05, 0) is 31.5 Å². The maximum Gasteiger partial charge on any atom is 0.317 e. The van der Waals surface area contributed by atoms with Crippen LogP contribution >= 0.6 is 0 Å². The quantitative estimate of drug-likeness (QED) is 0.900. The fourth-order valence-electron chi connectivity index (χ4n) is 3.68. The number of amides is 2. The van der Waals surface area contributed by atoms with Gasteiger partial charge in [-0.2, -0.15) is 0 Å². The molecule has 0 saturated carbocycles. The van der Waals surface area contributed by atoms with E-state index in [1.165, 1.54) is 0 Å². The summed E-state index contributed by atoms with van der Waals surface area (Å²) in [6.45, 7) is 3.98. The molecule has 2 saturated heterocycles. The molecule has 1 N–H and O–H groups in total. The van der Waals surface area contributed by atoms with Gasteiger partial charge in [0.15, 0.2) is 0 Å². The summed E-state index contributed by atoms with van der Waals surface area (Å²) >= 11 is 0. The third kappa shape index (κ3) is 2.87. The number of nitrogens with one attached hydrogen (secondary N) is 1. The maximum absolute atomic E-state index is 12.2. The van der Waals surface area contributed by atoms with Gasteiger partial charge in [-0.1, -0.05) is 6.07 Å². The summed E-state index contributed by atoms with van der Waals surface area (Å²) in [5, 5.41) is 2.87. The monoisotopic (exact) mass is 327 g/mol. The van der Waals surface area contributed by atoms with Gasteiger partial charge in [0.2, 0.25) is 0 Å². The molecule has 2 aliphatic rings. The van der Waals surface area contributed by atoms with E-state index in [1.807, 2.05) is 23.1 Å². The van der Waals surface area contributed by atoms with E-state index in [4.69, 9.17) is 0 Å². The molecule has 2 amide bonds. The lowest BCUT2D eigenvalue weighted by Gasteiger charge is -2.36. The lowest BCUT2D eigenvalue weighted by atomic mass is 10.0. The Morgan fingerprint density at radius 2 is 2.17 bits per heavy atom. The van der Waals surface area contributed by atoms with Gasteiger partial charge in [-0.25, -0.2) is 9.78 Å². The van der Waals surface area contributed by atoms with Gasteiger partial charge < -0.3 is 10.2 Å². The van der Waals surface area contributed by atoms with E-state index in [2.05, 4.69) is 15.2 Å². The lowest BCUT2D eigenvalue weighted by Crippen LogP contribution is -2.48. The second-order valence-corrected chi connectivity index (χ2v) is 6.47. The van der Waals surface area contributed by atoms with Crippen LogP contribution in [-0.4, -0.2) is 57.4 Å². The number of urea groups is 1. The van der Waals surface area contributed by atoms with Crippen molar-refractivity contribution in [3.63, 3.8) is 0 Å². The third-order valence-corrected chi connectivity index (χ3v) is 4.82. The van der Waals surface area contributed by atoms with Gasteiger partial charge in [0.05, 0.1) is 5.69 Å². The van der Waals surface area contributed by atoms with Crippen molar-refractivity contribution in [1.82, 2.24) is 24.5 Å². The Hall–Kier alpha value is -2.41. The predicted octanol–water partition coefficient (Wildman–Crippen LogP) is 0.684. The van der Waals surface area contributed by atoms with E-state index < -0.39 is 0 Å². The van der Waals surface area contributed by atoms with Gasteiger partial charge in [-0.15, -0.1) is 0 Å². The molecule has 4 heterocycles. The van der Waals surface area contributed by atoms with Gasteiger partial charge in [0.1, 0.15) is 5.65 Å². The number of likely N-dealkylation sites (tertiary alicyclic amines) is 1. The minimum atomic E-state index is -0.0527. The molecule has 0 aliphatic carbocycles. The molecule has 0 radical (unpaired) electrons. The lowest BCUT2D eigenvalue weighted by molar-refractivity contribution is 0.121. The Kier molecular flexibility index (Phi) is 3.93. The first-order valence-electron chi connectivity index (χ1n) is 8.45. The zero-order valence-corrected chi connectivity index (χ0v) is 13.5. The molecule has 126 valence electrons. The van der Waals surface area contributed by atoms with Crippen molar-refractivity contribution in [3.8, 4) is 0 Å². The van der Waals surface area contributed by atoms with Crippen LogP contribution in [0.2, 0.25) is 0 Å². The largest absolute Gasteiger partial charge is 0.336 e. The van der Waals surface area contributed by atoms with Crippen molar-refractivity contribution in [2.45, 2.75) is 25.4 Å². The van der Waals surface area contributed by atoms with Gasteiger partial charge in [0.25, 0.3) is 5.56 Å². The van der Waals surface area contributed by atoms with E-state index in [9.17, 15) is 9.59 Å². The molecule has 4 rings (SSSR count). The van der Waals surface area contributed by atoms with E-state index >= 15 is 0 Å². The molecule has 1 atom stereocenters. The Morgan fingerprint density at radius 1 is 1.25 bits per heavy atom. The highest BCUT2D eigenvalue weighted by molar-refractivity contribution is 5.76. The molecule has 2 aromatic rings. The second-order valence-electron chi connectivity index (χ2n) is 6.47. The summed E-state index contributed by atoms with van der Waals surface area (Å²) in [4.78, 5) is 32.9. The summed E-state index contributed by atoms with van der Waals surface area (Å²) in [6.07, 6.45) is 3.83. The molecular formula is C17H21N5O2. The number of hydrogen-bond acceptors (Lipinski definition) is 4.